The monoisotopic (exact) mass is 509 g/mol. The van der Waals surface area contributed by atoms with E-state index >= 15 is 0 Å². The second-order valence-electron chi connectivity index (χ2n) is 7.89. The molecule has 0 aromatic heterocycles. The molecule has 3 aromatic rings. The van der Waals surface area contributed by atoms with Gasteiger partial charge in [0, 0.05) is 17.3 Å². The topological polar surface area (TPSA) is 71.1 Å². The predicted molar refractivity (Wildman–Crippen MR) is 140 cm³/mol. The third-order valence-electron chi connectivity index (χ3n) is 5.62. The van der Waals surface area contributed by atoms with Crippen LogP contribution < -0.4 is 19.7 Å². The molecule has 3 aromatic carbocycles. The first kappa shape index (κ1) is 24.5. The molecule has 1 N–H and O–H groups in total. The van der Waals surface area contributed by atoms with Crippen LogP contribution in [-0.4, -0.2) is 42.1 Å². The van der Waals surface area contributed by atoms with Crippen molar-refractivity contribution in [2.24, 2.45) is 0 Å². The Balaban J connectivity index is 1.64. The van der Waals surface area contributed by atoms with Crippen molar-refractivity contribution in [1.29, 1.82) is 0 Å². The van der Waals surface area contributed by atoms with E-state index in [9.17, 15) is 9.59 Å². The van der Waals surface area contributed by atoms with Crippen LogP contribution >= 0.6 is 23.8 Å². The zero-order valence-electron chi connectivity index (χ0n) is 19.2. The number of nitrogens with one attached hydrogen (secondary N) is 1. The first-order valence-corrected chi connectivity index (χ1v) is 11.7. The van der Waals surface area contributed by atoms with E-state index in [1.807, 2.05) is 30.3 Å². The van der Waals surface area contributed by atoms with Crippen LogP contribution in [0.25, 0.3) is 0 Å². The maximum Gasteiger partial charge on any atom is 0.256 e. The number of halogens is 1. The van der Waals surface area contributed by atoms with Crippen molar-refractivity contribution in [3.63, 3.8) is 0 Å². The van der Waals surface area contributed by atoms with Crippen LogP contribution in [-0.2, 0) is 16.1 Å². The number of anilines is 2. The van der Waals surface area contributed by atoms with Crippen molar-refractivity contribution in [2.45, 2.75) is 19.0 Å². The number of carbonyl (C=O) groups excluding carboxylic acids is 2. The van der Waals surface area contributed by atoms with Gasteiger partial charge in [0.2, 0.25) is 5.91 Å². The summed E-state index contributed by atoms with van der Waals surface area (Å²) in [5, 5.41) is 3.63. The number of amides is 2. The smallest absolute Gasteiger partial charge is 0.256 e. The first-order chi connectivity index (χ1) is 16.9. The van der Waals surface area contributed by atoms with Crippen LogP contribution in [0.4, 0.5) is 11.4 Å². The Bertz CT molecular complexity index is 1250. The summed E-state index contributed by atoms with van der Waals surface area (Å²) in [5.74, 6) is 0.575. The SMILES string of the molecule is COc1ccc(CN2C(=S)N(c3cccc(Cl)c3)C(=O)C2CC(=O)Nc2ccccc2)cc1OC. The summed E-state index contributed by atoms with van der Waals surface area (Å²) in [7, 11) is 3.12. The van der Waals surface area contributed by atoms with Gasteiger partial charge in [-0.05, 0) is 60.2 Å². The molecule has 4 rings (SSSR count). The van der Waals surface area contributed by atoms with Gasteiger partial charge in [-0.25, -0.2) is 0 Å². The van der Waals surface area contributed by atoms with Gasteiger partial charge < -0.3 is 19.7 Å². The maximum absolute atomic E-state index is 13.6. The molecule has 1 fully saturated rings. The lowest BCUT2D eigenvalue weighted by Crippen LogP contribution is -2.37. The van der Waals surface area contributed by atoms with Crippen LogP contribution in [0.5, 0.6) is 11.5 Å². The Hall–Kier alpha value is -3.62. The summed E-state index contributed by atoms with van der Waals surface area (Å²) in [4.78, 5) is 29.6. The molecule has 1 aliphatic rings. The molecule has 7 nitrogen and oxygen atoms in total. The molecule has 0 spiro atoms. The van der Waals surface area contributed by atoms with Crippen LogP contribution in [0, 0.1) is 0 Å². The first-order valence-electron chi connectivity index (χ1n) is 10.9. The molecule has 1 unspecified atom stereocenters. The van der Waals surface area contributed by atoms with Gasteiger partial charge in [0.25, 0.3) is 5.91 Å². The minimum Gasteiger partial charge on any atom is -0.493 e. The summed E-state index contributed by atoms with van der Waals surface area (Å²) in [6.45, 7) is 0.297. The van der Waals surface area contributed by atoms with Gasteiger partial charge >= 0.3 is 0 Å². The van der Waals surface area contributed by atoms with Crippen LogP contribution in [0.2, 0.25) is 5.02 Å². The van der Waals surface area contributed by atoms with E-state index in [4.69, 9.17) is 33.3 Å². The number of ether oxygens (including phenoxy) is 2. The third kappa shape index (κ3) is 5.39. The number of methoxy groups -OCH3 is 2. The number of para-hydroxylation sites is 1. The minimum atomic E-state index is -0.793. The Labute approximate surface area is 214 Å². The molecule has 1 saturated heterocycles. The average Bonchev–Trinajstić information content (AvgIpc) is 3.08. The average molecular weight is 510 g/mol. The van der Waals surface area contributed by atoms with Gasteiger partial charge in [-0.15, -0.1) is 0 Å². The molecule has 9 heteroatoms. The lowest BCUT2D eigenvalue weighted by Gasteiger charge is -2.24. The molecule has 1 heterocycles. The van der Waals surface area contributed by atoms with Crippen LogP contribution in [0.15, 0.2) is 72.8 Å². The van der Waals surface area contributed by atoms with Crippen LogP contribution in [0.3, 0.4) is 0 Å². The van der Waals surface area contributed by atoms with Gasteiger partial charge in [0.1, 0.15) is 6.04 Å². The van der Waals surface area contributed by atoms with Crippen molar-refractivity contribution in [1.82, 2.24) is 4.90 Å². The molecule has 0 bridgehead atoms. The molecule has 1 atom stereocenters. The van der Waals surface area contributed by atoms with Gasteiger partial charge in [-0.1, -0.05) is 41.9 Å². The van der Waals surface area contributed by atoms with Crippen molar-refractivity contribution < 1.29 is 19.1 Å². The largest absolute Gasteiger partial charge is 0.493 e. The number of hydrogen-bond acceptors (Lipinski definition) is 5. The molecule has 0 radical (unpaired) electrons. The van der Waals surface area contributed by atoms with Gasteiger partial charge in [0.15, 0.2) is 16.6 Å². The number of carbonyl (C=O) groups is 2. The molecule has 35 heavy (non-hydrogen) atoms. The van der Waals surface area contributed by atoms with Gasteiger partial charge in [-0.2, -0.15) is 0 Å². The highest BCUT2D eigenvalue weighted by atomic mass is 35.5. The van der Waals surface area contributed by atoms with Gasteiger partial charge in [0.05, 0.1) is 26.3 Å². The Kier molecular flexibility index (Phi) is 7.53. The zero-order valence-corrected chi connectivity index (χ0v) is 20.8. The molecule has 2 amide bonds. The zero-order chi connectivity index (χ0) is 24.9. The molecule has 0 saturated carbocycles. The van der Waals surface area contributed by atoms with E-state index in [1.54, 1.807) is 61.6 Å². The molecule has 0 aliphatic carbocycles. The fraction of sp³-hybridized carbons (Fsp3) is 0.192. The molecular formula is C26H24ClN3O4S. The third-order valence-corrected chi connectivity index (χ3v) is 6.27. The second kappa shape index (κ2) is 10.8. The normalized spacial score (nSPS) is 15.3. The van der Waals surface area contributed by atoms with E-state index in [0.29, 0.717) is 39.6 Å². The Morgan fingerprint density at radius 3 is 2.43 bits per heavy atom. The fourth-order valence-corrected chi connectivity index (χ4v) is 4.52. The summed E-state index contributed by atoms with van der Waals surface area (Å²) in [6, 6.07) is 20.7. The summed E-state index contributed by atoms with van der Waals surface area (Å²) < 4.78 is 10.7. The van der Waals surface area contributed by atoms with E-state index in [2.05, 4.69) is 5.32 Å². The predicted octanol–water partition coefficient (Wildman–Crippen LogP) is 4.89. The number of benzene rings is 3. The van der Waals surface area contributed by atoms with E-state index in [1.165, 1.54) is 4.90 Å². The van der Waals surface area contributed by atoms with E-state index in [0.717, 1.165) is 5.56 Å². The fourth-order valence-electron chi connectivity index (χ4n) is 3.95. The lowest BCUT2D eigenvalue weighted by molar-refractivity contribution is -0.124. The summed E-state index contributed by atoms with van der Waals surface area (Å²) >= 11 is 11.9. The lowest BCUT2D eigenvalue weighted by atomic mass is 10.1. The Morgan fingerprint density at radius 2 is 1.74 bits per heavy atom. The number of hydrogen-bond donors (Lipinski definition) is 1. The molecular weight excluding hydrogens is 486 g/mol. The summed E-state index contributed by atoms with van der Waals surface area (Å²) in [6.07, 6.45) is -0.0712. The Morgan fingerprint density at radius 1 is 1.00 bits per heavy atom. The number of nitrogens with zero attached hydrogens (tertiary/aromatic N) is 2. The summed E-state index contributed by atoms with van der Waals surface area (Å²) in [5.41, 5.74) is 2.05. The standard InChI is InChI=1S/C26H24ClN3O4S/c1-33-22-12-11-17(13-23(22)34-2)16-29-21(15-24(31)28-19-8-4-3-5-9-19)25(32)30(26(29)35)20-10-6-7-18(27)14-20/h3-14,21H,15-16H2,1-2H3,(H,28,31). The second-order valence-corrected chi connectivity index (χ2v) is 8.69. The minimum absolute atomic E-state index is 0.0712. The quantitative estimate of drug-likeness (QED) is 0.436. The van der Waals surface area contributed by atoms with Crippen molar-refractivity contribution in [3.8, 4) is 11.5 Å². The number of rotatable bonds is 8. The highest BCUT2D eigenvalue weighted by Crippen LogP contribution is 2.32. The number of thiocarbonyl (C=S) groups is 1. The molecule has 180 valence electrons. The van der Waals surface area contributed by atoms with Crippen molar-refractivity contribution >= 4 is 52.1 Å². The van der Waals surface area contributed by atoms with E-state index in [-0.39, 0.29) is 18.2 Å². The molecule has 1 aliphatic heterocycles. The van der Waals surface area contributed by atoms with Crippen LogP contribution in [0.1, 0.15) is 12.0 Å². The van der Waals surface area contributed by atoms with E-state index < -0.39 is 6.04 Å². The highest BCUT2D eigenvalue weighted by Gasteiger charge is 2.44. The van der Waals surface area contributed by atoms with Crippen molar-refractivity contribution in [2.75, 3.05) is 24.4 Å². The van der Waals surface area contributed by atoms with Gasteiger partial charge in [-0.3, -0.25) is 14.5 Å². The maximum atomic E-state index is 13.6. The highest BCUT2D eigenvalue weighted by molar-refractivity contribution is 7.80. The van der Waals surface area contributed by atoms with Crippen molar-refractivity contribution in [3.05, 3.63) is 83.4 Å².